The van der Waals surface area contributed by atoms with Crippen LogP contribution in [-0.4, -0.2) is 23.9 Å². The second-order valence-electron chi connectivity index (χ2n) is 6.19. The minimum atomic E-state index is -0.222. The Bertz CT molecular complexity index is 999. The van der Waals surface area contributed by atoms with Gasteiger partial charge < -0.3 is 15.4 Å². The van der Waals surface area contributed by atoms with Gasteiger partial charge in [-0.15, -0.1) is 0 Å². The number of nitrogens with one attached hydrogen (secondary N) is 2. The molecule has 0 aliphatic rings. The van der Waals surface area contributed by atoms with Crippen molar-refractivity contribution in [3.8, 4) is 5.75 Å². The molecule has 6 heteroatoms. The first-order valence-corrected chi connectivity index (χ1v) is 9.05. The number of carbonyl (C=O) groups excluding carboxylic acids is 2. The predicted octanol–water partition coefficient (Wildman–Crippen LogP) is 3.67. The van der Waals surface area contributed by atoms with Crippen molar-refractivity contribution >= 4 is 23.6 Å². The highest BCUT2D eigenvalue weighted by Crippen LogP contribution is 2.18. The third-order valence-corrected chi connectivity index (χ3v) is 4.16. The zero-order valence-electron chi connectivity index (χ0n) is 16.0. The summed E-state index contributed by atoms with van der Waals surface area (Å²) in [6, 6.07) is 18.2. The van der Waals surface area contributed by atoms with Gasteiger partial charge in [-0.05, 0) is 42.0 Å². The molecule has 0 aliphatic heterocycles. The van der Waals surface area contributed by atoms with E-state index in [1.54, 1.807) is 43.6 Å². The Kier molecular flexibility index (Phi) is 6.73. The number of pyridine rings is 1. The van der Waals surface area contributed by atoms with Gasteiger partial charge in [0.15, 0.2) is 0 Å². The molecule has 6 nitrogen and oxygen atoms in total. The van der Waals surface area contributed by atoms with Crippen LogP contribution >= 0.6 is 0 Å². The number of aromatic nitrogens is 1. The number of hydrogen-bond acceptors (Lipinski definition) is 4. The second-order valence-corrected chi connectivity index (χ2v) is 6.19. The lowest BCUT2D eigenvalue weighted by molar-refractivity contribution is -0.116. The minimum Gasteiger partial charge on any atom is -0.496 e. The van der Waals surface area contributed by atoms with Crippen LogP contribution < -0.4 is 15.4 Å². The minimum absolute atomic E-state index is 0.204. The number of anilines is 1. The molecule has 0 spiro atoms. The maximum absolute atomic E-state index is 12.1. The van der Waals surface area contributed by atoms with Gasteiger partial charge in [-0.2, -0.15) is 0 Å². The summed E-state index contributed by atoms with van der Waals surface area (Å²) in [5.74, 6) is 0.283. The molecule has 2 aromatic carbocycles. The Labute approximate surface area is 169 Å². The first kappa shape index (κ1) is 19.8. The Morgan fingerprint density at radius 3 is 2.55 bits per heavy atom. The summed E-state index contributed by atoms with van der Waals surface area (Å²) >= 11 is 0. The van der Waals surface area contributed by atoms with Gasteiger partial charge in [0.05, 0.1) is 12.7 Å². The van der Waals surface area contributed by atoms with Crippen LogP contribution in [0.5, 0.6) is 5.75 Å². The summed E-state index contributed by atoms with van der Waals surface area (Å²) < 4.78 is 5.26. The molecular formula is C23H21N3O3. The molecule has 3 rings (SSSR count). The molecule has 146 valence electrons. The predicted molar refractivity (Wildman–Crippen MR) is 113 cm³/mol. The van der Waals surface area contributed by atoms with Crippen LogP contribution in [0.3, 0.4) is 0 Å². The van der Waals surface area contributed by atoms with Crippen LogP contribution in [0, 0.1) is 0 Å². The van der Waals surface area contributed by atoms with E-state index in [1.807, 2.05) is 36.4 Å². The largest absolute Gasteiger partial charge is 0.496 e. The van der Waals surface area contributed by atoms with Crippen molar-refractivity contribution in [1.29, 1.82) is 0 Å². The average Bonchev–Trinajstić information content (AvgIpc) is 2.78. The monoisotopic (exact) mass is 387 g/mol. The first-order chi connectivity index (χ1) is 14.2. The van der Waals surface area contributed by atoms with Crippen molar-refractivity contribution in [3.63, 3.8) is 0 Å². The fraction of sp³-hybridized carbons (Fsp3) is 0.0870. The number of nitrogens with zero attached hydrogens (tertiary/aromatic N) is 1. The molecule has 0 fully saturated rings. The van der Waals surface area contributed by atoms with Crippen molar-refractivity contribution in [3.05, 3.63) is 95.8 Å². The number of rotatable bonds is 7. The molecule has 0 saturated carbocycles. The molecule has 2 N–H and O–H groups in total. The van der Waals surface area contributed by atoms with Crippen LogP contribution in [0.2, 0.25) is 0 Å². The third kappa shape index (κ3) is 5.77. The highest BCUT2D eigenvalue weighted by Gasteiger charge is 2.06. The fourth-order valence-electron chi connectivity index (χ4n) is 2.62. The summed E-state index contributed by atoms with van der Waals surface area (Å²) in [4.78, 5) is 28.1. The number of methoxy groups -OCH3 is 1. The molecular weight excluding hydrogens is 366 g/mol. The van der Waals surface area contributed by atoms with Gasteiger partial charge in [0, 0.05) is 36.3 Å². The Morgan fingerprint density at radius 2 is 1.83 bits per heavy atom. The Morgan fingerprint density at radius 1 is 1.03 bits per heavy atom. The quantitative estimate of drug-likeness (QED) is 0.606. The molecule has 0 atom stereocenters. The zero-order valence-corrected chi connectivity index (χ0v) is 16.0. The maximum atomic E-state index is 12.1. The normalized spacial score (nSPS) is 10.5. The molecule has 2 amide bonds. The zero-order chi connectivity index (χ0) is 20.5. The highest BCUT2D eigenvalue weighted by atomic mass is 16.5. The average molecular weight is 387 g/mol. The Balaban J connectivity index is 1.51. The van der Waals surface area contributed by atoms with Crippen molar-refractivity contribution in [2.45, 2.75) is 6.54 Å². The van der Waals surface area contributed by atoms with Crippen LogP contribution in [0.4, 0.5) is 5.69 Å². The maximum Gasteiger partial charge on any atom is 0.257 e. The van der Waals surface area contributed by atoms with Gasteiger partial charge in [0.1, 0.15) is 5.75 Å². The summed E-state index contributed by atoms with van der Waals surface area (Å²) in [6.07, 6.45) is 6.31. The van der Waals surface area contributed by atoms with Crippen molar-refractivity contribution in [1.82, 2.24) is 10.3 Å². The summed E-state index contributed by atoms with van der Waals surface area (Å²) in [7, 11) is 1.59. The lowest BCUT2D eigenvalue weighted by atomic mass is 10.2. The summed E-state index contributed by atoms with van der Waals surface area (Å²) in [5, 5.41) is 5.64. The molecule has 0 bridgehead atoms. The van der Waals surface area contributed by atoms with E-state index in [0.717, 1.165) is 11.1 Å². The van der Waals surface area contributed by atoms with Gasteiger partial charge in [-0.3, -0.25) is 14.6 Å². The van der Waals surface area contributed by atoms with Gasteiger partial charge in [0.25, 0.3) is 5.91 Å². The standard InChI is InChI=1S/C23H21N3O3/c1-29-21-7-3-2-5-18(21)10-13-22(27)25-15-17-8-11-20(12-9-17)26-23(28)19-6-4-14-24-16-19/h2-14,16H,15H2,1H3,(H,25,27)(H,26,28)/b13-10+. The van der Waals surface area contributed by atoms with Crippen LogP contribution in [0.15, 0.2) is 79.1 Å². The molecule has 1 aromatic heterocycles. The second kappa shape index (κ2) is 9.85. The van der Waals surface area contributed by atoms with Gasteiger partial charge in [0.2, 0.25) is 5.91 Å². The van der Waals surface area contributed by atoms with E-state index in [0.29, 0.717) is 23.5 Å². The molecule has 29 heavy (non-hydrogen) atoms. The molecule has 0 radical (unpaired) electrons. The molecule has 0 saturated heterocycles. The van der Waals surface area contributed by atoms with Gasteiger partial charge in [-0.25, -0.2) is 0 Å². The summed E-state index contributed by atoms with van der Waals surface area (Å²) in [5.41, 5.74) is 2.91. The number of para-hydroxylation sites is 1. The SMILES string of the molecule is COc1ccccc1/C=C/C(=O)NCc1ccc(NC(=O)c2cccnc2)cc1. The van der Waals surface area contributed by atoms with E-state index in [1.165, 1.54) is 12.3 Å². The first-order valence-electron chi connectivity index (χ1n) is 9.05. The van der Waals surface area contributed by atoms with E-state index < -0.39 is 0 Å². The van der Waals surface area contributed by atoms with E-state index in [2.05, 4.69) is 15.6 Å². The van der Waals surface area contributed by atoms with E-state index in [9.17, 15) is 9.59 Å². The summed E-state index contributed by atoms with van der Waals surface area (Å²) in [6.45, 7) is 0.381. The number of ether oxygens (including phenoxy) is 1. The lowest BCUT2D eigenvalue weighted by Crippen LogP contribution is -2.20. The van der Waals surface area contributed by atoms with E-state index in [4.69, 9.17) is 4.74 Å². The van der Waals surface area contributed by atoms with Crippen LogP contribution in [0.1, 0.15) is 21.5 Å². The van der Waals surface area contributed by atoms with Crippen molar-refractivity contribution in [2.24, 2.45) is 0 Å². The number of amides is 2. The third-order valence-electron chi connectivity index (χ3n) is 4.16. The van der Waals surface area contributed by atoms with Gasteiger partial charge >= 0.3 is 0 Å². The molecule has 0 unspecified atom stereocenters. The topological polar surface area (TPSA) is 80.3 Å². The Hall–Kier alpha value is -3.93. The molecule has 1 heterocycles. The van der Waals surface area contributed by atoms with E-state index in [-0.39, 0.29) is 11.8 Å². The smallest absolute Gasteiger partial charge is 0.257 e. The number of benzene rings is 2. The van der Waals surface area contributed by atoms with E-state index >= 15 is 0 Å². The lowest BCUT2D eigenvalue weighted by Gasteiger charge is -2.07. The number of carbonyl (C=O) groups is 2. The molecule has 0 aliphatic carbocycles. The van der Waals surface area contributed by atoms with Crippen LogP contribution in [0.25, 0.3) is 6.08 Å². The fourth-order valence-corrected chi connectivity index (χ4v) is 2.62. The van der Waals surface area contributed by atoms with Gasteiger partial charge in [-0.1, -0.05) is 30.3 Å². The van der Waals surface area contributed by atoms with Crippen LogP contribution in [-0.2, 0) is 11.3 Å². The van der Waals surface area contributed by atoms with Crippen molar-refractivity contribution in [2.75, 3.05) is 12.4 Å². The van der Waals surface area contributed by atoms with Crippen molar-refractivity contribution < 1.29 is 14.3 Å². The molecule has 3 aromatic rings. The highest BCUT2D eigenvalue weighted by molar-refractivity contribution is 6.04. The number of hydrogen-bond donors (Lipinski definition) is 2.